The maximum absolute atomic E-state index is 13.3. The molecule has 2 amide bonds. The lowest BCUT2D eigenvalue weighted by atomic mass is 10.1. The van der Waals surface area contributed by atoms with E-state index in [0.717, 1.165) is 12.1 Å². The third kappa shape index (κ3) is 8.41. The summed E-state index contributed by atoms with van der Waals surface area (Å²) >= 11 is 1.34. The van der Waals surface area contributed by atoms with Crippen molar-refractivity contribution in [2.75, 3.05) is 0 Å². The second-order valence-electron chi connectivity index (χ2n) is 7.97. The van der Waals surface area contributed by atoms with Crippen LogP contribution in [-0.4, -0.2) is 40.5 Å². The summed E-state index contributed by atoms with van der Waals surface area (Å²) in [6.45, 7) is 6.58. The molecule has 2 rings (SSSR count). The number of rotatable bonds is 8. The molecule has 1 heterocycles. The number of nitrogens with one attached hydrogen (secondary N) is 2. The Morgan fingerprint density at radius 1 is 1.13 bits per heavy atom. The molecule has 0 fully saturated rings. The van der Waals surface area contributed by atoms with Crippen molar-refractivity contribution in [3.05, 3.63) is 52.0 Å². The maximum Gasteiger partial charge on any atom is 0.329 e. The van der Waals surface area contributed by atoms with Crippen LogP contribution in [0.15, 0.2) is 29.8 Å². The molecule has 168 valence electrons. The number of thiazole rings is 1. The van der Waals surface area contributed by atoms with E-state index in [-0.39, 0.29) is 18.4 Å². The summed E-state index contributed by atoms with van der Waals surface area (Å²) in [7, 11) is 0. The number of amides is 2. The fourth-order valence-electron chi connectivity index (χ4n) is 2.65. The first-order valence-corrected chi connectivity index (χ1v) is 10.5. The molecule has 0 radical (unpaired) electrons. The summed E-state index contributed by atoms with van der Waals surface area (Å²) in [6, 6.07) is 0.804. The lowest BCUT2D eigenvalue weighted by Crippen LogP contribution is -2.52. The van der Waals surface area contributed by atoms with Gasteiger partial charge in [0.1, 0.15) is 29.3 Å². The highest BCUT2D eigenvalue weighted by Gasteiger charge is 2.29. The Morgan fingerprint density at radius 2 is 1.77 bits per heavy atom. The summed E-state index contributed by atoms with van der Waals surface area (Å²) in [5.74, 6) is -3.41. The highest BCUT2D eigenvalue weighted by molar-refractivity contribution is 7.09. The lowest BCUT2D eigenvalue weighted by Gasteiger charge is -2.25. The second-order valence-corrected chi connectivity index (χ2v) is 8.95. The van der Waals surface area contributed by atoms with Gasteiger partial charge in [0.25, 0.3) is 0 Å². The molecule has 0 saturated carbocycles. The molecule has 0 aliphatic heterocycles. The topological polar surface area (TPSA) is 97.4 Å². The second kappa shape index (κ2) is 10.4. The summed E-state index contributed by atoms with van der Waals surface area (Å²) < 4.78 is 31.9. The number of carbonyl (C=O) groups excluding carboxylic acids is 3. The monoisotopic (exact) mass is 453 g/mol. The van der Waals surface area contributed by atoms with Gasteiger partial charge in [0.15, 0.2) is 0 Å². The van der Waals surface area contributed by atoms with Crippen molar-refractivity contribution in [3.63, 3.8) is 0 Å². The molecule has 0 unspecified atom stereocenters. The van der Waals surface area contributed by atoms with Gasteiger partial charge in [-0.1, -0.05) is 0 Å². The smallest absolute Gasteiger partial charge is 0.329 e. The molecule has 7 nitrogen and oxygen atoms in total. The van der Waals surface area contributed by atoms with Crippen molar-refractivity contribution in [2.45, 2.75) is 58.2 Å². The minimum absolute atomic E-state index is 0.137. The van der Waals surface area contributed by atoms with Crippen LogP contribution in [0.1, 0.15) is 38.3 Å². The van der Waals surface area contributed by atoms with Crippen molar-refractivity contribution >= 4 is 29.1 Å². The molecular weight excluding hydrogens is 428 g/mol. The van der Waals surface area contributed by atoms with Crippen molar-refractivity contribution < 1.29 is 27.9 Å². The average Bonchev–Trinajstić information content (AvgIpc) is 3.11. The van der Waals surface area contributed by atoms with E-state index in [1.165, 1.54) is 18.3 Å². The third-order valence-corrected chi connectivity index (χ3v) is 4.73. The molecule has 31 heavy (non-hydrogen) atoms. The lowest BCUT2D eigenvalue weighted by molar-refractivity contribution is -0.158. The summed E-state index contributed by atoms with van der Waals surface area (Å²) in [5.41, 5.74) is -0.610. The Balaban J connectivity index is 2.00. The molecule has 0 spiro atoms. The summed E-state index contributed by atoms with van der Waals surface area (Å²) in [4.78, 5) is 41.4. The first-order chi connectivity index (χ1) is 14.4. The van der Waals surface area contributed by atoms with Crippen molar-refractivity contribution in [2.24, 2.45) is 0 Å². The standard InChI is InChI=1S/C21H25F2N3O4S/c1-12(25-17(27)9-13-7-14(22)10-15(23)8-13)19(28)26-16(11-18-24-5-6-31-18)20(29)30-21(2,3)4/h5-8,10,12,16H,9,11H2,1-4H3,(H,25,27)(H,26,28)/t12-,16-/m0/s1. The zero-order valence-corrected chi connectivity index (χ0v) is 18.5. The van der Waals surface area contributed by atoms with E-state index < -0.39 is 47.1 Å². The van der Waals surface area contributed by atoms with Gasteiger partial charge >= 0.3 is 5.97 Å². The van der Waals surface area contributed by atoms with E-state index in [9.17, 15) is 23.2 Å². The van der Waals surface area contributed by atoms with Gasteiger partial charge < -0.3 is 15.4 Å². The minimum atomic E-state index is -0.993. The molecule has 2 atom stereocenters. The van der Waals surface area contributed by atoms with Crippen molar-refractivity contribution in [3.8, 4) is 0 Å². The molecule has 1 aromatic heterocycles. The van der Waals surface area contributed by atoms with E-state index in [2.05, 4.69) is 15.6 Å². The van der Waals surface area contributed by atoms with Crippen LogP contribution < -0.4 is 10.6 Å². The fraction of sp³-hybridized carbons (Fsp3) is 0.429. The number of nitrogens with zero attached hydrogens (tertiary/aromatic N) is 1. The highest BCUT2D eigenvalue weighted by Crippen LogP contribution is 2.13. The van der Waals surface area contributed by atoms with E-state index in [0.29, 0.717) is 11.1 Å². The Morgan fingerprint density at radius 3 is 2.32 bits per heavy atom. The molecule has 10 heteroatoms. The quantitative estimate of drug-likeness (QED) is 0.599. The first kappa shape index (κ1) is 24.4. The van der Waals surface area contributed by atoms with Crippen LogP contribution in [0.2, 0.25) is 0 Å². The maximum atomic E-state index is 13.3. The Kier molecular flexibility index (Phi) is 8.21. The van der Waals surface area contributed by atoms with Crippen LogP contribution in [0.3, 0.4) is 0 Å². The fourth-order valence-corrected chi connectivity index (χ4v) is 3.31. The summed E-state index contributed by atoms with van der Waals surface area (Å²) in [6.07, 6.45) is 1.43. The molecule has 0 aliphatic carbocycles. The SMILES string of the molecule is C[C@H](NC(=O)Cc1cc(F)cc(F)c1)C(=O)N[C@@H](Cc1nccs1)C(=O)OC(C)(C)C. The normalized spacial score (nSPS) is 13.2. The van der Waals surface area contributed by atoms with Gasteiger partial charge in [-0.3, -0.25) is 9.59 Å². The molecule has 2 aromatic rings. The zero-order chi connectivity index (χ0) is 23.2. The van der Waals surface area contributed by atoms with Gasteiger partial charge in [-0.25, -0.2) is 18.6 Å². The van der Waals surface area contributed by atoms with E-state index in [4.69, 9.17) is 4.74 Å². The van der Waals surface area contributed by atoms with Gasteiger partial charge in [0.05, 0.1) is 11.4 Å². The van der Waals surface area contributed by atoms with Crippen LogP contribution in [0, 0.1) is 11.6 Å². The van der Waals surface area contributed by atoms with Crippen molar-refractivity contribution in [1.29, 1.82) is 0 Å². The van der Waals surface area contributed by atoms with Crippen LogP contribution in [0.25, 0.3) is 0 Å². The van der Waals surface area contributed by atoms with Crippen LogP contribution >= 0.6 is 11.3 Å². The molecular formula is C21H25F2N3O4S. The summed E-state index contributed by atoms with van der Waals surface area (Å²) in [5, 5.41) is 7.43. The Bertz CT molecular complexity index is 909. The highest BCUT2D eigenvalue weighted by atomic mass is 32.1. The number of hydrogen-bond acceptors (Lipinski definition) is 6. The van der Waals surface area contributed by atoms with Gasteiger partial charge in [0.2, 0.25) is 11.8 Å². The Labute approximate surface area is 183 Å². The number of benzene rings is 1. The number of hydrogen-bond donors (Lipinski definition) is 2. The molecule has 0 saturated heterocycles. The largest absolute Gasteiger partial charge is 0.458 e. The van der Waals surface area contributed by atoms with Crippen LogP contribution in [0.4, 0.5) is 8.78 Å². The number of halogens is 2. The molecule has 1 aromatic carbocycles. The number of aromatic nitrogens is 1. The number of carbonyl (C=O) groups is 3. The zero-order valence-electron chi connectivity index (χ0n) is 17.7. The predicted molar refractivity (Wildman–Crippen MR) is 111 cm³/mol. The van der Waals surface area contributed by atoms with Gasteiger partial charge in [-0.15, -0.1) is 11.3 Å². The third-order valence-electron chi connectivity index (χ3n) is 3.93. The van der Waals surface area contributed by atoms with Gasteiger partial charge in [-0.05, 0) is 45.4 Å². The first-order valence-electron chi connectivity index (χ1n) is 9.59. The number of ether oxygens (including phenoxy) is 1. The molecule has 2 N–H and O–H groups in total. The number of esters is 1. The van der Waals surface area contributed by atoms with Gasteiger partial charge in [-0.2, -0.15) is 0 Å². The van der Waals surface area contributed by atoms with E-state index in [1.54, 1.807) is 32.3 Å². The van der Waals surface area contributed by atoms with Crippen LogP contribution in [-0.2, 0) is 32.0 Å². The molecule has 0 aliphatic rings. The average molecular weight is 454 g/mol. The van der Waals surface area contributed by atoms with Gasteiger partial charge in [0, 0.05) is 24.1 Å². The molecule has 0 bridgehead atoms. The van der Waals surface area contributed by atoms with Crippen molar-refractivity contribution in [1.82, 2.24) is 15.6 Å². The van der Waals surface area contributed by atoms with Crippen LogP contribution in [0.5, 0.6) is 0 Å². The minimum Gasteiger partial charge on any atom is -0.458 e. The predicted octanol–water partition coefficient (Wildman–Crippen LogP) is 2.54. The van der Waals surface area contributed by atoms with E-state index in [1.807, 2.05) is 0 Å². The van der Waals surface area contributed by atoms with E-state index >= 15 is 0 Å². The Hall–Kier alpha value is -2.88.